The van der Waals surface area contributed by atoms with E-state index in [1.54, 1.807) is 7.11 Å². The Morgan fingerprint density at radius 1 is 1.07 bits per heavy atom. The number of ether oxygens (including phenoxy) is 2. The number of fused-ring (bicyclic) bond motifs is 1. The normalized spacial score (nSPS) is 28.1. The van der Waals surface area contributed by atoms with E-state index in [-0.39, 0.29) is 18.3 Å². The summed E-state index contributed by atoms with van der Waals surface area (Å²) < 4.78 is 11.3. The van der Waals surface area contributed by atoms with E-state index < -0.39 is 0 Å². The molecule has 2 heterocycles. The summed E-state index contributed by atoms with van der Waals surface area (Å²) in [5.74, 6) is 2.02. The van der Waals surface area contributed by atoms with Gasteiger partial charge in [-0.2, -0.15) is 0 Å². The number of hydrogen-bond acceptors (Lipinski definition) is 7. The van der Waals surface area contributed by atoms with Crippen LogP contribution in [-0.4, -0.2) is 57.2 Å². The fraction of sp³-hybridized carbons (Fsp3) is 0.682. The first-order chi connectivity index (χ1) is 14.0. The molecule has 4 rings (SSSR count). The van der Waals surface area contributed by atoms with Crippen molar-refractivity contribution < 1.29 is 19.7 Å². The van der Waals surface area contributed by atoms with Gasteiger partial charge in [0.15, 0.2) is 0 Å². The zero-order chi connectivity index (χ0) is 20.4. The van der Waals surface area contributed by atoms with Crippen LogP contribution in [0.2, 0.25) is 0 Å². The topological polar surface area (TPSA) is 97.6 Å². The van der Waals surface area contributed by atoms with E-state index in [1.807, 2.05) is 12.4 Å². The van der Waals surface area contributed by atoms with Crippen LogP contribution in [0.4, 0.5) is 0 Å². The second-order valence-electron chi connectivity index (χ2n) is 8.70. The number of hydrogen-bond donors (Lipinski definition) is 2. The van der Waals surface area contributed by atoms with Crippen molar-refractivity contribution in [3.05, 3.63) is 23.8 Å². The summed E-state index contributed by atoms with van der Waals surface area (Å²) in [6, 6.07) is 0. The number of aliphatic hydroxyl groups is 2. The SMILES string of the molecule is COC[C@H](C)Cc1ncc2c(OC3CC(O)C3)ncc(C3CCC(O)CC3)c2n1. The van der Waals surface area contributed by atoms with Crippen LogP contribution in [0, 0.1) is 5.92 Å². The summed E-state index contributed by atoms with van der Waals surface area (Å²) in [7, 11) is 1.71. The molecule has 0 amide bonds. The van der Waals surface area contributed by atoms with Gasteiger partial charge in [-0.15, -0.1) is 0 Å². The van der Waals surface area contributed by atoms with Crippen LogP contribution in [0.1, 0.15) is 62.8 Å². The summed E-state index contributed by atoms with van der Waals surface area (Å²) in [5.41, 5.74) is 2.03. The van der Waals surface area contributed by atoms with E-state index in [9.17, 15) is 10.2 Å². The van der Waals surface area contributed by atoms with Gasteiger partial charge in [-0.05, 0) is 37.5 Å². The van der Waals surface area contributed by atoms with Gasteiger partial charge in [-0.1, -0.05) is 6.92 Å². The minimum atomic E-state index is -0.274. The molecule has 0 bridgehead atoms. The van der Waals surface area contributed by atoms with Gasteiger partial charge in [-0.25, -0.2) is 15.0 Å². The average molecular weight is 402 g/mol. The van der Waals surface area contributed by atoms with Crippen LogP contribution in [0.15, 0.2) is 12.4 Å². The minimum Gasteiger partial charge on any atom is -0.474 e. The summed E-state index contributed by atoms with van der Waals surface area (Å²) in [5, 5.41) is 20.3. The van der Waals surface area contributed by atoms with E-state index in [4.69, 9.17) is 14.5 Å². The summed E-state index contributed by atoms with van der Waals surface area (Å²) in [6.45, 7) is 2.80. The Hall–Kier alpha value is -1.83. The molecule has 1 atom stereocenters. The van der Waals surface area contributed by atoms with E-state index in [0.29, 0.717) is 37.2 Å². The molecule has 29 heavy (non-hydrogen) atoms. The van der Waals surface area contributed by atoms with Crippen LogP contribution in [-0.2, 0) is 11.2 Å². The molecule has 0 aliphatic heterocycles. The lowest BCUT2D eigenvalue weighted by Gasteiger charge is -2.31. The first-order valence-electron chi connectivity index (χ1n) is 10.7. The molecule has 7 heteroatoms. The third kappa shape index (κ3) is 4.68. The van der Waals surface area contributed by atoms with Crippen LogP contribution in [0.5, 0.6) is 5.88 Å². The molecule has 2 aromatic heterocycles. The maximum atomic E-state index is 9.89. The van der Waals surface area contributed by atoms with Crippen molar-refractivity contribution in [1.29, 1.82) is 0 Å². The molecular weight excluding hydrogens is 370 g/mol. The van der Waals surface area contributed by atoms with Gasteiger partial charge in [0, 0.05) is 50.9 Å². The lowest BCUT2D eigenvalue weighted by atomic mass is 9.82. The standard InChI is InChI=1S/C22H31N3O4/c1-13(12-28-2)7-20-23-11-19-21(25-20)18(14-3-5-15(26)6-4-14)10-24-22(19)29-17-8-16(27)9-17/h10-11,13-17,26-27H,3-9,12H2,1-2H3/t13-,14?,15?,16?,17?/m1/s1. The molecule has 2 fully saturated rings. The van der Waals surface area contributed by atoms with Gasteiger partial charge in [0.2, 0.25) is 5.88 Å². The van der Waals surface area contributed by atoms with Crippen molar-refractivity contribution in [2.75, 3.05) is 13.7 Å². The van der Waals surface area contributed by atoms with Crippen molar-refractivity contribution in [1.82, 2.24) is 15.0 Å². The first-order valence-corrected chi connectivity index (χ1v) is 10.7. The summed E-state index contributed by atoms with van der Waals surface area (Å²) in [4.78, 5) is 14.1. The lowest BCUT2D eigenvalue weighted by Crippen LogP contribution is -2.37. The first kappa shape index (κ1) is 20.4. The highest BCUT2D eigenvalue weighted by atomic mass is 16.5. The zero-order valence-electron chi connectivity index (χ0n) is 17.3. The maximum Gasteiger partial charge on any atom is 0.224 e. The molecule has 2 saturated carbocycles. The van der Waals surface area contributed by atoms with Crippen LogP contribution in [0.25, 0.3) is 10.9 Å². The van der Waals surface area contributed by atoms with Crippen molar-refractivity contribution in [3.8, 4) is 5.88 Å². The number of aliphatic hydroxyl groups excluding tert-OH is 2. The molecular formula is C22H31N3O4. The second-order valence-corrected chi connectivity index (χ2v) is 8.70. The molecule has 7 nitrogen and oxygen atoms in total. The van der Waals surface area contributed by atoms with Crippen LogP contribution in [0.3, 0.4) is 0 Å². The van der Waals surface area contributed by atoms with Gasteiger partial charge < -0.3 is 19.7 Å². The predicted molar refractivity (Wildman–Crippen MR) is 109 cm³/mol. The third-order valence-electron chi connectivity index (χ3n) is 6.13. The van der Waals surface area contributed by atoms with Gasteiger partial charge >= 0.3 is 0 Å². The number of pyridine rings is 1. The Bertz CT molecular complexity index is 832. The largest absolute Gasteiger partial charge is 0.474 e. The molecule has 2 N–H and O–H groups in total. The Morgan fingerprint density at radius 3 is 2.52 bits per heavy atom. The quantitative estimate of drug-likeness (QED) is 0.736. The number of methoxy groups -OCH3 is 1. The third-order valence-corrected chi connectivity index (χ3v) is 6.13. The molecule has 0 radical (unpaired) electrons. The molecule has 0 spiro atoms. The van der Waals surface area contributed by atoms with Crippen molar-refractivity contribution >= 4 is 10.9 Å². The Labute approximate surface area is 171 Å². The Balaban J connectivity index is 1.66. The van der Waals surface area contributed by atoms with Crippen molar-refractivity contribution in [2.45, 2.75) is 76.1 Å². The van der Waals surface area contributed by atoms with Gasteiger partial charge in [0.05, 0.1) is 23.1 Å². The van der Waals surface area contributed by atoms with Crippen LogP contribution < -0.4 is 4.74 Å². The summed E-state index contributed by atoms with van der Waals surface area (Å²) in [6.07, 6.45) is 8.78. The molecule has 158 valence electrons. The maximum absolute atomic E-state index is 9.89. The summed E-state index contributed by atoms with van der Waals surface area (Å²) >= 11 is 0. The van der Waals surface area contributed by atoms with E-state index in [2.05, 4.69) is 16.9 Å². The minimum absolute atomic E-state index is 0.00206. The van der Waals surface area contributed by atoms with Crippen LogP contribution >= 0.6 is 0 Å². The fourth-order valence-corrected chi connectivity index (χ4v) is 4.38. The molecule has 0 aromatic carbocycles. The molecule has 2 aliphatic carbocycles. The molecule has 0 saturated heterocycles. The number of rotatable bonds is 7. The van der Waals surface area contributed by atoms with E-state index in [0.717, 1.165) is 54.4 Å². The zero-order valence-corrected chi connectivity index (χ0v) is 17.3. The highest BCUT2D eigenvalue weighted by Gasteiger charge is 2.31. The molecule has 2 aromatic rings. The smallest absolute Gasteiger partial charge is 0.224 e. The fourth-order valence-electron chi connectivity index (χ4n) is 4.38. The number of nitrogens with zero attached hydrogens (tertiary/aromatic N) is 3. The molecule has 2 aliphatic rings. The second kappa shape index (κ2) is 8.90. The Morgan fingerprint density at radius 2 is 1.83 bits per heavy atom. The monoisotopic (exact) mass is 401 g/mol. The highest BCUT2D eigenvalue weighted by molar-refractivity contribution is 5.85. The van der Waals surface area contributed by atoms with Crippen molar-refractivity contribution in [2.24, 2.45) is 5.92 Å². The van der Waals surface area contributed by atoms with E-state index in [1.165, 1.54) is 0 Å². The van der Waals surface area contributed by atoms with Gasteiger partial charge in [0.25, 0.3) is 0 Å². The van der Waals surface area contributed by atoms with Gasteiger partial charge in [0.1, 0.15) is 11.9 Å². The lowest BCUT2D eigenvalue weighted by molar-refractivity contribution is -0.0120. The predicted octanol–water partition coefficient (Wildman–Crippen LogP) is 2.77. The van der Waals surface area contributed by atoms with E-state index >= 15 is 0 Å². The molecule has 0 unspecified atom stereocenters. The Kier molecular flexibility index (Phi) is 6.27. The number of aromatic nitrogens is 3. The van der Waals surface area contributed by atoms with Gasteiger partial charge in [-0.3, -0.25) is 0 Å². The van der Waals surface area contributed by atoms with Crippen molar-refractivity contribution in [3.63, 3.8) is 0 Å². The highest BCUT2D eigenvalue weighted by Crippen LogP contribution is 2.38. The average Bonchev–Trinajstić information content (AvgIpc) is 2.68.